The Bertz CT molecular complexity index is 4880. The summed E-state index contributed by atoms with van der Waals surface area (Å²) in [6.07, 6.45) is 6.30. The van der Waals surface area contributed by atoms with E-state index in [1.807, 2.05) is 133 Å². The number of benzene rings is 8. The molecule has 0 spiro atoms. The number of pyridine rings is 2. The van der Waals surface area contributed by atoms with Crippen molar-refractivity contribution in [3.05, 3.63) is 343 Å². The minimum Gasteiger partial charge on any atom is -0.265 e. The van der Waals surface area contributed by atoms with Gasteiger partial charge < -0.3 is 0 Å². The molecule has 0 radical (unpaired) electrons. The zero-order valence-corrected chi connectivity index (χ0v) is 81.5. The van der Waals surface area contributed by atoms with Crippen LogP contribution in [-0.4, -0.2) is 31.3 Å². The van der Waals surface area contributed by atoms with Crippen LogP contribution < -0.4 is 0 Å². The molecule has 2 aliphatic rings. The Hall–Kier alpha value is -8.01. The number of aromatic nitrogens is 4. The van der Waals surface area contributed by atoms with Gasteiger partial charge in [-0.2, -0.15) is 31.4 Å². The van der Waals surface area contributed by atoms with Crippen molar-refractivity contribution >= 4 is 80.4 Å². The molecule has 2 bridgehead atoms. The van der Waals surface area contributed by atoms with Crippen molar-refractivity contribution < 1.29 is 30.7 Å². The van der Waals surface area contributed by atoms with Crippen molar-refractivity contribution in [2.75, 3.05) is 0 Å². The smallest absolute Gasteiger partial charge is 0.265 e. The first kappa shape index (κ1) is 108. The topological polar surface area (TPSA) is 43.6 Å². The van der Waals surface area contributed by atoms with E-state index in [9.17, 15) is 30.7 Å². The number of fused-ring (bicyclic) bond motifs is 3. The standard InChI is InChI=1S/C15H15ClS.C15H16.C13H15ClN2.C12H13N.C10H11F3.C10H16.C9H10ClF.C9H13N.C7H10S.C4H7F3.C3H7Cl/c1-11(2)14-5-3-4-6-15(14)17-13-9-7-12(16)8-10-13;1-12(2)13-8-10-15(11-9-13)14-6-4-3-5-7-14;1-9(2)12-10(3)15-16(13(12)14)11-7-5-4-6-8-11;1-9(2)10-7-8-13-12-6-4-3-5-11(10)12;1-7(2)8-3-5-9(6-4-8)10(11,12)13;1-7(2)10-6-8-3-4-9(10)5-8;1-6(2)9-7(10)4-3-5-8(9)11;1-8(2)7-9-3-5-10-6-4-9;1-6(2)7-4-3-5-8-7;1-3(2)4(5,6)7;1-3(2)4/h3-11H,1-2H3;3-12H,1-2H3;4-9H,1-3H3;3-9H,1-2H3;3-7H,1-2H3;3-4,7-10H,5-6H2,1-2H3;3-6H,1-2H3;3-6,8H,7H2,1-2H3;3-6H,1-2H3;3H,1-2H3;3H,1-2H3. The molecule has 17 heteroatoms. The number of allylic oxidation sites excluding steroid dienone is 2. The van der Waals surface area contributed by atoms with Crippen LogP contribution in [0.4, 0.5) is 30.7 Å². The van der Waals surface area contributed by atoms with E-state index in [2.05, 4.69) is 263 Å². The third-order valence-corrected chi connectivity index (χ3v) is 23.2. The molecule has 4 nitrogen and oxygen atoms in total. The Morgan fingerprint density at radius 3 is 1.43 bits per heavy atom. The second kappa shape index (κ2) is 55.6. The van der Waals surface area contributed by atoms with Crippen LogP contribution in [0.5, 0.6) is 0 Å². The van der Waals surface area contributed by atoms with Crippen molar-refractivity contribution in [3.63, 3.8) is 0 Å². The van der Waals surface area contributed by atoms with Gasteiger partial charge in [-0.1, -0.05) is 331 Å². The van der Waals surface area contributed by atoms with Gasteiger partial charge in [0.05, 0.1) is 22.5 Å². The molecule has 0 N–H and O–H groups in total. The Morgan fingerprint density at radius 1 is 0.484 bits per heavy atom. The summed E-state index contributed by atoms with van der Waals surface area (Å²) < 4.78 is 84.7. The first-order chi connectivity index (χ1) is 58.4. The fourth-order valence-corrected chi connectivity index (χ4v) is 16.1. The minimum absolute atomic E-state index is 0.142. The van der Waals surface area contributed by atoms with Crippen LogP contribution in [0.3, 0.4) is 0 Å². The SMILES string of the molecule is CC(C)C(F)(F)F.CC(C)C1CC2C=CC1C2.CC(C)Cc1ccncc1.CC(C)Cl.CC(C)c1c(F)cccc1Cl.CC(C)c1ccc(-c2ccccc2)cc1.CC(C)c1ccc(C(F)(F)F)cc1.CC(C)c1ccccc1Sc1ccc(Cl)cc1.CC(C)c1cccs1.CC(C)c1ccnc2ccccc12.Cc1nn(-c2ccccc2)c(Cl)c1C(C)C. The molecule has 0 saturated heterocycles. The summed E-state index contributed by atoms with van der Waals surface area (Å²) >= 11 is 26.9. The van der Waals surface area contributed by atoms with Crippen molar-refractivity contribution in [3.8, 4) is 16.8 Å². The molecule has 4 aromatic heterocycles. The largest absolute Gasteiger partial charge is 0.416 e. The Labute approximate surface area is 767 Å². The van der Waals surface area contributed by atoms with Gasteiger partial charge >= 0.3 is 12.4 Å². The molecule has 12 aromatic rings. The molecular weight excluding hydrogens is 1680 g/mol. The maximum atomic E-state index is 13.0. The molecule has 2 aliphatic carbocycles. The number of para-hydroxylation sites is 2. The number of alkyl halides is 7. The van der Waals surface area contributed by atoms with Crippen LogP contribution in [0.25, 0.3) is 27.7 Å². The lowest BCUT2D eigenvalue weighted by Gasteiger charge is -2.21. The van der Waals surface area contributed by atoms with E-state index in [4.69, 9.17) is 46.4 Å². The lowest BCUT2D eigenvalue weighted by Crippen LogP contribution is -2.15. The Balaban J connectivity index is 0.000000290. The molecule has 1 fully saturated rings. The molecule has 14 rings (SSSR count). The maximum Gasteiger partial charge on any atom is 0.416 e. The average Bonchev–Trinajstić information content (AvgIpc) is 1.63. The Morgan fingerprint density at radius 2 is 1.00 bits per heavy atom. The van der Waals surface area contributed by atoms with Gasteiger partial charge in [0.2, 0.25) is 0 Å². The number of nitrogens with zero attached hydrogens (tertiary/aromatic N) is 4. The fraction of sp³-hybridized carbons (Fsp3) is 0.393. The highest BCUT2D eigenvalue weighted by molar-refractivity contribution is 7.99. The second-order valence-electron chi connectivity index (χ2n) is 34.2. The summed E-state index contributed by atoms with van der Waals surface area (Å²) in [6.45, 7) is 47.0. The number of aryl methyl sites for hydroxylation is 1. The van der Waals surface area contributed by atoms with Crippen molar-refractivity contribution in [1.82, 2.24) is 19.7 Å². The van der Waals surface area contributed by atoms with Gasteiger partial charge in [0.1, 0.15) is 11.0 Å². The zero-order valence-electron chi connectivity index (χ0n) is 76.9. The first-order valence-corrected chi connectivity index (χ1v) is 46.4. The predicted molar refractivity (Wildman–Crippen MR) is 523 cm³/mol. The molecule has 8 aromatic carbocycles. The highest BCUT2D eigenvalue weighted by atomic mass is 35.5. The van der Waals surface area contributed by atoms with E-state index in [0.717, 1.165) is 100 Å². The summed E-state index contributed by atoms with van der Waals surface area (Å²) in [5.41, 5.74) is 13.3. The van der Waals surface area contributed by atoms with E-state index in [0.29, 0.717) is 45.6 Å². The predicted octanol–water partition coefficient (Wildman–Crippen LogP) is 36.7. The van der Waals surface area contributed by atoms with E-state index in [1.165, 1.54) is 84.5 Å². The zero-order chi connectivity index (χ0) is 92.6. The van der Waals surface area contributed by atoms with Crippen molar-refractivity contribution in [1.29, 1.82) is 0 Å². The van der Waals surface area contributed by atoms with E-state index in [1.54, 1.807) is 28.6 Å². The van der Waals surface area contributed by atoms with Crippen LogP contribution in [0.15, 0.2) is 276 Å². The Kier molecular flexibility index (Phi) is 48.5. The minimum atomic E-state index is -4.23. The fourth-order valence-electron chi connectivity index (χ4n) is 13.2. The van der Waals surface area contributed by atoms with E-state index >= 15 is 0 Å². The van der Waals surface area contributed by atoms with E-state index < -0.39 is 23.8 Å². The number of halogens is 11. The molecular formula is C107H133Cl4F7N4S2. The second-order valence-corrected chi connectivity index (χ2v) is 38.4. The lowest BCUT2D eigenvalue weighted by molar-refractivity contribution is -0.164. The summed E-state index contributed by atoms with van der Waals surface area (Å²) in [6, 6.07) is 74.7. The lowest BCUT2D eigenvalue weighted by atomic mass is 9.84. The number of thiophene rings is 1. The average molecular weight is 1810 g/mol. The first-order valence-electron chi connectivity index (χ1n) is 43.2. The third-order valence-electron chi connectivity index (χ3n) is 20.0. The molecule has 670 valence electrons. The van der Waals surface area contributed by atoms with Crippen LogP contribution in [0, 0.1) is 48.2 Å². The normalized spacial score (nSPS) is 13.6. The van der Waals surface area contributed by atoms with Gasteiger partial charge in [-0.25, -0.2) is 9.07 Å². The molecule has 3 atom stereocenters. The van der Waals surface area contributed by atoms with Crippen LogP contribution in [0.2, 0.25) is 15.2 Å². The maximum absolute atomic E-state index is 13.0. The van der Waals surface area contributed by atoms with Crippen LogP contribution in [0.1, 0.15) is 262 Å². The highest BCUT2D eigenvalue weighted by Gasteiger charge is 2.37. The number of hydrogen-bond donors (Lipinski definition) is 0. The quantitative estimate of drug-likeness (QED) is 0.0618. The van der Waals surface area contributed by atoms with Gasteiger partial charge in [-0.3, -0.25) is 9.97 Å². The number of rotatable bonds is 14. The van der Waals surface area contributed by atoms with Gasteiger partial charge in [-0.05, 0) is 252 Å². The van der Waals surface area contributed by atoms with Gasteiger partial charge in [-0.15, -0.1) is 22.9 Å². The highest BCUT2D eigenvalue weighted by Crippen LogP contribution is 2.47. The monoisotopic (exact) mass is 1810 g/mol. The van der Waals surface area contributed by atoms with Crippen molar-refractivity contribution in [2.45, 2.75) is 247 Å². The summed E-state index contributed by atoms with van der Waals surface area (Å²) in [4.78, 5) is 12.3. The molecule has 4 heterocycles. The van der Waals surface area contributed by atoms with Crippen LogP contribution >= 0.6 is 69.5 Å². The molecule has 0 aliphatic heterocycles. The molecule has 3 unspecified atom stereocenters. The van der Waals surface area contributed by atoms with Crippen LogP contribution in [-0.2, 0) is 12.6 Å². The van der Waals surface area contributed by atoms with Gasteiger partial charge in [0.15, 0.2) is 0 Å². The van der Waals surface area contributed by atoms with Gasteiger partial charge in [0.25, 0.3) is 0 Å². The van der Waals surface area contributed by atoms with E-state index in [-0.39, 0.29) is 17.7 Å². The third kappa shape index (κ3) is 39.5. The van der Waals surface area contributed by atoms with Gasteiger partial charge in [0, 0.05) is 71.1 Å². The van der Waals surface area contributed by atoms with Crippen molar-refractivity contribution in [2.24, 2.45) is 35.5 Å². The summed E-state index contributed by atoms with van der Waals surface area (Å²) in [5.74, 6) is 6.36. The molecule has 124 heavy (non-hydrogen) atoms. The molecule has 1 saturated carbocycles. The summed E-state index contributed by atoms with van der Waals surface area (Å²) in [7, 11) is 0. The number of hydrogen-bond acceptors (Lipinski definition) is 5. The summed E-state index contributed by atoms with van der Waals surface area (Å²) in [5, 5.41) is 10.2. The molecule has 0 amide bonds.